The Morgan fingerprint density at radius 2 is 1.68 bits per heavy atom. The molecule has 0 unspecified atom stereocenters. The summed E-state index contributed by atoms with van der Waals surface area (Å²) in [4.78, 5) is 25.2. The Hall–Kier alpha value is -3.16. The molecule has 0 aliphatic carbocycles. The summed E-state index contributed by atoms with van der Waals surface area (Å²) < 4.78 is 5.25. The van der Waals surface area contributed by atoms with Crippen molar-refractivity contribution >= 4 is 29.2 Å². The highest BCUT2D eigenvalue weighted by Crippen LogP contribution is 2.16. The number of nitrogens with one attached hydrogen (secondary N) is 1. The van der Waals surface area contributed by atoms with Crippen LogP contribution >= 0.6 is 11.6 Å². The van der Waals surface area contributed by atoms with Crippen LogP contribution in [0.5, 0.6) is 0 Å². The molecule has 1 amide bonds. The van der Waals surface area contributed by atoms with Gasteiger partial charge in [-0.15, -0.1) is 0 Å². The van der Waals surface area contributed by atoms with E-state index in [1.54, 1.807) is 24.5 Å². The van der Waals surface area contributed by atoms with Gasteiger partial charge in [0.2, 0.25) is 0 Å². The molecule has 1 aromatic heterocycles. The first-order valence-electron chi connectivity index (χ1n) is 10.2. The molecule has 3 aromatic rings. The van der Waals surface area contributed by atoms with Gasteiger partial charge in [-0.3, -0.25) is 15.2 Å². The van der Waals surface area contributed by atoms with Gasteiger partial charge in [-0.25, -0.2) is 9.78 Å². The molecule has 2 heterocycles. The molecule has 8 heteroatoms. The summed E-state index contributed by atoms with van der Waals surface area (Å²) >= 11 is 5.86. The normalized spacial score (nSPS) is 14.3. The summed E-state index contributed by atoms with van der Waals surface area (Å²) in [6, 6.07) is 15.1. The van der Waals surface area contributed by atoms with E-state index in [0.29, 0.717) is 10.7 Å². The van der Waals surface area contributed by atoms with E-state index in [1.165, 1.54) is 5.56 Å². The third-order valence-electron chi connectivity index (χ3n) is 5.14. The SMILES string of the molecule is O=C(Nc1ccc(CN2CCN(c3cnccn3)CC2)cc1)OCc1ccc(Cl)cc1. The topological polar surface area (TPSA) is 70.6 Å². The number of carbonyl (C=O) groups is 1. The van der Waals surface area contributed by atoms with Gasteiger partial charge in [0.15, 0.2) is 0 Å². The first kappa shape index (κ1) is 21.1. The molecule has 7 nitrogen and oxygen atoms in total. The van der Waals surface area contributed by atoms with Crippen LogP contribution in [-0.4, -0.2) is 47.1 Å². The number of halogens is 1. The first-order chi connectivity index (χ1) is 15.2. The fourth-order valence-corrected chi connectivity index (χ4v) is 3.55. The Kier molecular flexibility index (Phi) is 6.96. The Morgan fingerprint density at radius 1 is 0.968 bits per heavy atom. The quantitative estimate of drug-likeness (QED) is 0.623. The Labute approximate surface area is 186 Å². The lowest BCUT2D eigenvalue weighted by Gasteiger charge is -2.35. The van der Waals surface area contributed by atoms with Crippen molar-refractivity contribution in [2.75, 3.05) is 36.4 Å². The molecule has 0 atom stereocenters. The molecular formula is C23H24ClN5O2. The maximum atomic E-state index is 12.0. The molecule has 1 aliphatic heterocycles. The van der Waals surface area contributed by atoms with E-state index in [0.717, 1.165) is 44.1 Å². The molecule has 0 bridgehead atoms. The Bertz CT molecular complexity index is 975. The highest BCUT2D eigenvalue weighted by molar-refractivity contribution is 6.30. The maximum absolute atomic E-state index is 12.0. The highest BCUT2D eigenvalue weighted by Gasteiger charge is 2.18. The Balaban J connectivity index is 1.21. The van der Waals surface area contributed by atoms with Crippen LogP contribution in [0.1, 0.15) is 11.1 Å². The molecule has 4 rings (SSSR count). The van der Waals surface area contributed by atoms with Gasteiger partial charge in [0.25, 0.3) is 0 Å². The van der Waals surface area contributed by atoms with Crippen molar-refractivity contribution in [3.05, 3.63) is 83.3 Å². The number of ether oxygens (including phenoxy) is 1. The smallest absolute Gasteiger partial charge is 0.411 e. The first-order valence-corrected chi connectivity index (χ1v) is 10.5. The minimum absolute atomic E-state index is 0.196. The molecule has 1 aliphatic rings. The Morgan fingerprint density at radius 3 is 2.35 bits per heavy atom. The number of hydrogen-bond acceptors (Lipinski definition) is 6. The fourth-order valence-electron chi connectivity index (χ4n) is 3.42. The monoisotopic (exact) mass is 437 g/mol. The highest BCUT2D eigenvalue weighted by atomic mass is 35.5. The molecule has 0 saturated carbocycles. The van der Waals surface area contributed by atoms with Crippen LogP contribution in [0, 0.1) is 0 Å². The van der Waals surface area contributed by atoms with E-state index in [2.05, 4.69) is 25.1 Å². The second-order valence-corrected chi connectivity index (χ2v) is 7.79. The molecular weight excluding hydrogens is 414 g/mol. The molecule has 160 valence electrons. The second-order valence-electron chi connectivity index (χ2n) is 7.35. The van der Waals surface area contributed by atoms with Crippen molar-refractivity contribution in [2.24, 2.45) is 0 Å². The third kappa shape index (κ3) is 6.16. The number of piperazine rings is 1. The maximum Gasteiger partial charge on any atom is 0.411 e. The number of hydrogen-bond donors (Lipinski definition) is 1. The van der Waals surface area contributed by atoms with Gasteiger partial charge < -0.3 is 9.64 Å². The van der Waals surface area contributed by atoms with E-state index in [9.17, 15) is 4.79 Å². The summed E-state index contributed by atoms with van der Waals surface area (Å²) in [5.74, 6) is 0.931. The molecule has 1 fully saturated rings. The van der Waals surface area contributed by atoms with Crippen LogP contribution in [0.15, 0.2) is 67.1 Å². The average Bonchev–Trinajstić information content (AvgIpc) is 2.81. The minimum atomic E-state index is -0.483. The van der Waals surface area contributed by atoms with Gasteiger partial charge >= 0.3 is 6.09 Å². The van der Waals surface area contributed by atoms with Gasteiger partial charge in [-0.2, -0.15) is 0 Å². The standard InChI is InChI=1S/C23H24ClN5O2/c24-20-5-1-19(2-6-20)17-31-23(30)27-21-7-3-18(4-8-21)16-28-11-13-29(14-12-28)22-15-25-9-10-26-22/h1-10,15H,11-14,16-17H2,(H,27,30). The lowest BCUT2D eigenvalue weighted by Crippen LogP contribution is -2.46. The largest absolute Gasteiger partial charge is 0.444 e. The lowest BCUT2D eigenvalue weighted by atomic mass is 10.2. The lowest BCUT2D eigenvalue weighted by molar-refractivity contribution is 0.155. The van der Waals surface area contributed by atoms with Crippen LogP contribution in [0.4, 0.5) is 16.3 Å². The van der Waals surface area contributed by atoms with Crippen LogP contribution in [0.25, 0.3) is 0 Å². The van der Waals surface area contributed by atoms with E-state index >= 15 is 0 Å². The van der Waals surface area contributed by atoms with Crippen molar-refractivity contribution in [3.8, 4) is 0 Å². The number of benzene rings is 2. The van der Waals surface area contributed by atoms with Gasteiger partial charge in [0.1, 0.15) is 12.4 Å². The summed E-state index contributed by atoms with van der Waals surface area (Å²) in [6.45, 7) is 4.86. The summed E-state index contributed by atoms with van der Waals surface area (Å²) in [5, 5.41) is 3.41. The predicted octanol–water partition coefficient (Wildman–Crippen LogP) is 4.20. The number of amides is 1. The fraction of sp³-hybridized carbons (Fsp3) is 0.261. The minimum Gasteiger partial charge on any atom is -0.444 e. The third-order valence-corrected chi connectivity index (χ3v) is 5.39. The van der Waals surface area contributed by atoms with Crippen LogP contribution in [0.2, 0.25) is 5.02 Å². The second kappa shape index (κ2) is 10.2. The molecule has 0 radical (unpaired) electrons. The van der Waals surface area contributed by atoms with Crippen LogP contribution < -0.4 is 10.2 Å². The molecule has 1 N–H and O–H groups in total. The number of rotatable bonds is 6. The van der Waals surface area contributed by atoms with Gasteiger partial charge in [-0.1, -0.05) is 35.9 Å². The zero-order valence-corrected chi connectivity index (χ0v) is 17.8. The zero-order valence-electron chi connectivity index (χ0n) is 17.1. The predicted molar refractivity (Wildman–Crippen MR) is 121 cm³/mol. The summed E-state index contributed by atoms with van der Waals surface area (Å²) in [7, 11) is 0. The number of nitrogens with zero attached hydrogens (tertiary/aromatic N) is 4. The van der Waals surface area contributed by atoms with Gasteiger partial charge in [0, 0.05) is 55.8 Å². The molecule has 2 aromatic carbocycles. The van der Waals surface area contributed by atoms with Gasteiger partial charge in [-0.05, 0) is 35.4 Å². The van der Waals surface area contributed by atoms with E-state index < -0.39 is 6.09 Å². The van der Waals surface area contributed by atoms with Crippen LogP contribution in [0.3, 0.4) is 0 Å². The number of carbonyl (C=O) groups excluding carboxylic acids is 1. The summed E-state index contributed by atoms with van der Waals surface area (Å²) in [5.41, 5.74) is 2.79. The number of anilines is 2. The van der Waals surface area contributed by atoms with Crippen molar-refractivity contribution in [1.82, 2.24) is 14.9 Å². The van der Waals surface area contributed by atoms with E-state index in [-0.39, 0.29) is 6.61 Å². The molecule has 0 spiro atoms. The molecule has 1 saturated heterocycles. The zero-order chi connectivity index (χ0) is 21.5. The van der Waals surface area contributed by atoms with Gasteiger partial charge in [0.05, 0.1) is 6.20 Å². The van der Waals surface area contributed by atoms with Crippen molar-refractivity contribution in [1.29, 1.82) is 0 Å². The van der Waals surface area contributed by atoms with Crippen molar-refractivity contribution in [2.45, 2.75) is 13.2 Å². The molecule has 31 heavy (non-hydrogen) atoms. The van der Waals surface area contributed by atoms with Crippen LogP contribution in [-0.2, 0) is 17.9 Å². The number of aromatic nitrogens is 2. The van der Waals surface area contributed by atoms with Crippen molar-refractivity contribution < 1.29 is 9.53 Å². The van der Waals surface area contributed by atoms with Crippen molar-refractivity contribution in [3.63, 3.8) is 0 Å². The summed E-state index contributed by atoms with van der Waals surface area (Å²) in [6.07, 6.45) is 4.74. The van der Waals surface area contributed by atoms with E-state index in [1.807, 2.05) is 42.6 Å². The van der Waals surface area contributed by atoms with E-state index in [4.69, 9.17) is 16.3 Å². The average molecular weight is 438 g/mol.